The Hall–Kier alpha value is -1.75. The van der Waals surface area contributed by atoms with Crippen LogP contribution in [-0.4, -0.2) is 24.7 Å². The second kappa shape index (κ2) is 5.97. The molecule has 0 saturated heterocycles. The van der Waals surface area contributed by atoms with Gasteiger partial charge in [-0.05, 0) is 24.6 Å². The highest BCUT2D eigenvalue weighted by atomic mass is 16.5. The highest BCUT2D eigenvalue weighted by molar-refractivity contribution is 5.81. The summed E-state index contributed by atoms with van der Waals surface area (Å²) in [6.07, 6.45) is 0. The van der Waals surface area contributed by atoms with Gasteiger partial charge in [-0.15, -0.1) is 0 Å². The van der Waals surface area contributed by atoms with Crippen LogP contribution in [-0.2, 0) is 0 Å². The summed E-state index contributed by atoms with van der Waals surface area (Å²) in [6, 6.07) is 7.86. The number of nitrogens with two attached hydrogens (primary N) is 1. The number of oxime groups is 1. The van der Waals surface area contributed by atoms with Crippen LogP contribution >= 0.6 is 0 Å². The predicted octanol–water partition coefficient (Wildman–Crippen LogP) is 1.09. The van der Waals surface area contributed by atoms with E-state index in [0.29, 0.717) is 6.54 Å². The van der Waals surface area contributed by atoms with Crippen molar-refractivity contribution in [2.45, 2.75) is 13.0 Å². The average Bonchev–Trinajstić information content (AvgIpc) is 2.35. The largest absolute Gasteiger partial charge is 0.497 e. The van der Waals surface area contributed by atoms with E-state index in [1.807, 2.05) is 31.2 Å². The molecule has 0 unspecified atom stereocenters. The van der Waals surface area contributed by atoms with Crippen molar-refractivity contribution in [3.05, 3.63) is 29.8 Å². The van der Waals surface area contributed by atoms with E-state index in [9.17, 15) is 0 Å². The molecule has 5 nitrogen and oxygen atoms in total. The van der Waals surface area contributed by atoms with Gasteiger partial charge in [-0.2, -0.15) is 0 Å². The van der Waals surface area contributed by atoms with Gasteiger partial charge in [0, 0.05) is 6.04 Å². The number of methoxy groups -OCH3 is 1. The fourth-order valence-corrected chi connectivity index (χ4v) is 1.32. The third-order valence-corrected chi connectivity index (χ3v) is 2.31. The zero-order chi connectivity index (χ0) is 12.0. The molecule has 0 aliphatic carbocycles. The molecule has 88 valence electrons. The maximum atomic E-state index is 8.40. The molecule has 1 rings (SSSR count). The summed E-state index contributed by atoms with van der Waals surface area (Å²) >= 11 is 0. The van der Waals surface area contributed by atoms with Crippen molar-refractivity contribution in [1.29, 1.82) is 0 Å². The number of hydrogen-bond acceptors (Lipinski definition) is 4. The van der Waals surface area contributed by atoms with Crippen molar-refractivity contribution in [3.8, 4) is 5.75 Å². The summed E-state index contributed by atoms with van der Waals surface area (Å²) in [5.41, 5.74) is 6.46. The summed E-state index contributed by atoms with van der Waals surface area (Å²) in [5.74, 6) is 0.977. The van der Waals surface area contributed by atoms with Crippen molar-refractivity contribution in [3.63, 3.8) is 0 Å². The lowest BCUT2D eigenvalue weighted by Crippen LogP contribution is -2.30. The lowest BCUT2D eigenvalue weighted by Gasteiger charge is -2.14. The normalized spacial score (nSPS) is 13.5. The Morgan fingerprint density at radius 3 is 3.00 bits per heavy atom. The van der Waals surface area contributed by atoms with E-state index in [2.05, 4.69) is 10.5 Å². The number of benzene rings is 1. The van der Waals surface area contributed by atoms with E-state index < -0.39 is 0 Å². The molecule has 0 bridgehead atoms. The number of amidine groups is 1. The highest BCUT2D eigenvalue weighted by Crippen LogP contribution is 2.18. The molecule has 16 heavy (non-hydrogen) atoms. The third-order valence-electron chi connectivity index (χ3n) is 2.31. The first-order chi connectivity index (χ1) is 7.67. The van der Waals surface area contributed by atoms with Gasteiger partial charge in [0.1, 0.15) is 5.75 Å². The quantitative estimate of drug-likeness (QED) is 0.302. The fraction of sp³-hybridized carbons (Fsp3) is 0.364. The molecule has 0 amide bonds. The van der Waals surface area contributed by atoms with E-state index >= 15 is 0 Å². The maximum absolute atomic E-state index is 8.40. The summed E-state index contributed by atoms with van der Waals surface area (Å²) < 4.78 is 5.14. The number of ether oxygens (including phenoxy) is 1. The van der Waals surface area contributed by atoms with E-state index in [1.54, 1.807) is 7.11 Å². The van der Waals surface area contributed by atoms with E-state index in [-0.39, 0.29) is 11.9 Å². The van der Waals surface area contributed by atoms with Gasteiger partial charge in [0.25, 0.3) is 0 Å². The molecule has 1 atom stereocenters. The van der Waals surface area contributed by atoms with Crippen molar-refractivity contribution in [2.75, 3.05) is 13.7 Å². The van der Waals surface area contributed by atoms with E-state index in [1.165, 1.54) is 0 Å². The van der Waals surface area contributed by atoms with Gasteiger partial charge < -0.3 is 21.0 Å². The van der Waals surface area contributed by atoms with E-state index in [4.69, 9.17) is 15.7 Å². The summed E-state index contributed by atoms with van der Waals surface area (Å²) in [6.45, 7) is 2.34. The fourth-order valence-electron chi connectivity index (χ4n) is 1.32. The number of rotatable bonds is 5. The number of nitrogens with one attached hydrogen (secondary N) is 1. The topological polar surface area (TPSA) is 79.9 Å². The Kier molecular flexibility index (Phi) is 4.60. The molecule has 0 saturated carbocycles. The van der Waals surface area contributed by atoms with Crippen LogP contribution in [0.1, 0.15) is 18.5 Å². The van der Waals surface area contributed by atoms with Crippen molar-refractivity contribution in [1.82, 2.24) is 5.32 Å². The predicted molar refractivity (Wildman–Crippen MR) is 62.8 cm³/mol. The molecule has 0 aliphatic heterocycles. The number of nitrogens with zero attached hydrogens (tertiary/aromatic N) is 1. The molecule has 1 aromatic carbocycles. The Morgan fingerprint density at radius 2 is 2.38 bits per heavy atom. The molecular weight excluding hydrogens is 206 g/mol. The van der Waals surface area contributed by atoms with Crippen LogP contribution in [0.3, 0.4) is 0 Å². The van der Waals surface area contributed by atoms with Gasteiger partial charge >= 0.3 is 0 Å². The molecule has 0 radical (unpaired) electrons. The summed E-state index contributed by atoms with van der Waals surface area (Å²) in [4.78, 5) is 0. The molecule has 4 N–H and O–H groups in total. The Morgan fingerprint density at radius 1 is 1.62 bits per heavy atom. The zero-order valence-corrected chi connectivity index (χ0v) is 9.47. The standard InChI is InChI=1S/C11H17N3O2/c1-8(13-7-11(12)14-15)9-4-3-5-10(6-9)16-2/h3-6,8,13,15H,7H2,1-2H3,(H2,12,14)/t8-/m0/s1. The Labute approximate surface area is 94.9 Å². The minimum Gasteiger partial charge on any atom is -0.497 e. The van der Waals surface area contributed by atoms with Gasteiger partial charge in [0.15, 0.2) is 5.84 Å². The Balaban J connectivity index is 2.61. The SMILES string of the molecule is COc1cccc([C@H](C)NC/C(N)=N/O)c1. The van der Waals surface area contributed by atoms with Gasteiger partial charge in [0.05, 0.1) is 13.7 Å². The van der Waals surface area contributed by atoms with Crippen LogP contribution in [0, 0.1) is 0 Å². The smallest absolute Gasteiger partial charge is 0.153 e. The first-order valence-corrected chi connectivity index (χ1v) is 5.01. The minimum absolute atomic E-state index is 0.107. The molecule has 0 heterocycles. The molecule has 5 heteroatoms. The van der Waals surface area contributed by atoms with Gasteiger partial charge in [-0.1, -0.05) is 17.3 Å². The first kappa shape index (κ1) is 12.3. The van der Waals surface area contributed by atoms with Crippen LogP contribution in [0.2, 0.25) is 0 Å². The minimum atomic E-state index is 0.107. The zero-order valence-electron chi connectivity index (χ0n) is 9.47. The average molecular weight is 223 g/mol. The highest BCUT2D eigenvalue weighted by Gasteiger charge is 2.06. The van der Waals surface area contributed by atoms with Crippen molar-refractivity contribution >= 4 is 5.84 Å². The van der Waals surface area contributed by atoms with Crippen molar-refractivity contribution < 1.29 is 9.94 Å². The maximum Gasteiger partial charge on any atom is 0.153 e. The monoisotopic (exact) mass is 223 g/mol. The van der Waals surface area contributed by atoms with Crippen molar-refractivity contribution in [2.24, 2.45) is 10.9 Å². The Bertz CT molecular complexity index is 366. The molecule has 0 spiro atoms. The van der Waals surface area contributed by atoms with Gasteiger partial charge in [0.2, 0.25) is 0 Å². The first-order valence-electron chi connectivity index (χ1n) is 5.01. The molecule has 0 aromatic heterocycles. The van der Waals surface area contributed by atoms with Crippen LogP contribution < -0.4 is 15.8 Å². The van der Waals surface area contributed by atoms with Crippen LogP contribution in [0.4, 0.5) is 0 Å². The molecular formula is C11H17N3O2. The van der Waals surface area contributed by atoms with Gasteiger partial charge in [-0.3, -0.25) is 0 Å². The summed E-state index contributed by atoms with van der Waals surface area (Å²) in [7, 11) is 1.63. The second-order valence-electron chi connectivity index (χ2n) is 3.47. The lowest BCUT2D eigenvalue weighted by atomic mass is 10.1. The lowest BCUT2D eigenvalue weighted by molar-refractivity contribution is 0.316. The third kappa shape index (κ3) is 3.43. The van der Waals surface area contributed by atoms with Gasteiger partial charge in [-0.25, -0.2) is 0 Å². The van der Waals surface area contributed by atoms with Crippen LogP contribution in [0.15, 0.2) is 29.4 Å². The molecule has 0 aliphatic rings. The molecule has 0 fully saturated rings. The molecule has 1 aromatic rings. The summed E-state index contributed by atoms with van der Waals surface area (Å²) in [5, 5.41) is 14.4. The van der Waals surface area contributed by atoms with E-state index in [0.717, 1.165) is 11.3 Å². The van der Waals surface area contributed by atoms with Crippen LogP contribution in [0.5, 0.6) is 5.75 Å². The number of hydrogen-bond donors (Lipinski definition) is 3. The van der Waals surface area contributed by atoms with Crippen LogP contribution in [0.25, 0.3) is 0 Å². The second-order valence-corrected chi connectivity index (χ2v) is 3.47.